The van der Waals surface area contributed by atoms with Crippen molar-refractivity contribution in [1.29, 1.82) is 0 Å². The van der Waals surface area contributed by atoms with Crippen LogP contribution in [0.1, 0.15) is 12.5 Å². The van der Waals surface area contributed by atoms with Crippen LogP contribution in [-0.2, 0) is 9.53 Å². The number of carbonyl (C=O) groups is 1. The van der Waals surface area contributed by atoms with E-state index >= 15 is 0 Å². The Morgan fingerprint density at radius 2 is 2.04 bits per heavy atom. The molecule has 2 aromatic carbocycles. The lowest BCUT2D eigenvalue weighted by Crippen LogP contribution is -2.15. The second kappa shape index (κ2) is 9.87. The van der Waals surface area contributed by atoms with E-state index in [4.69, 9.17) is 14.2 Å². The lowest BCUT2D eigenvalue weighted by Gasteiger charge is -2.13. The molecule has 0 saturated heterocycles. The molecule has 25 heavy (non-hydrogen) atoms. The molecular weight excluding hydrogens is 435 g/mol. The summed E-state index contributed by atoms with van der Waals surface area (Å²) >= 11 is 2.13. The molecule has 0 aliphatic carbocycles. The van der Waals surface area contributed by atoms with Gasteiger partial charge in [0.05, 0.1) is 29.2 Å². The van der Waals surface area contributed by atoms with E-state index in [1.807, 2.05) is 36.4 Å². The topological polar surface area (TPSA) is 69.2 Å². The normalized spacial score (nSPS) is 10.5. The molecule has 7 heteroatoms. The van der Waals surface area contributed by atoms with Gasteiger partial charge in [0, 0.05) is 0 Å². The molecule has 2 rings (SSSR count). The Balaban J connectivity index is 2.08. The average Bonchev–Trinajstić information content (AvgIpc) is 2.61. The fourth-order valence-electron chi connectivity index (χ4n) is 1.98. The highest BCUT2D eigenvalue weighted by Gasteiger charge is 2.13. The minimum absolute atomic E-state index is 0.163. The summed E-state index contributed by atoms with van der Waals surface area (Å²) < 4.78 is 16.6. The van der Waals surface area contributed by atoms with Gasteiger partial charge < -0.3 is 14.2 Å². The highest BCUT2D eigenvalue weighted by atomic mass is 127. The molecule has 0 aliphatic heterocycles. The van der Waals surface area contributed by atoms with E-state index in [1.165, 1.54) is 0 Å². The minimum atomic E-state index is -0.418. The first-order valence-electron chi connectivity index (χ1n) is 7.64. The quantitative estimate of drug-likeness (QED) is 0.285. The first-order valence-corrected chi connectivity index (χ1v) is 8.72. The number of hydrogen-bond acceptors (Lipinski definition) is 6. The van der Waals surface area contributed by atoms with E-state index in [0.29, 0.717) is 18.1 Å². The molecular formula is C18H19IN2O4. The van der Waals surface area contributed by atoms with Gasteiger partial charge in [0.25, 0.3) is 0 Å². The Hall–Kier alpha value is -2.29. The van der Waals surface area contributed by atoms with E-state index < -0.39 is 5.97 Å². The van der Waals surface area contributed by atoms with Gasteiger partial charge in [-0.2, -0.15) is 5.10 Å². The summed E-state index contributed by atoms with van der Waals surface area (Å²) in [7, 11) is 1.55. The van der Waals surface area contributed by atoms with Crippen LogP contribution in [0, 0.1) is 3.57 Å². The number of esters is 1. The number of halogens is 1. The monoisotopic (exact) mass is 454 g/mol. The number of hydrazone groups is 1. The first kappa shape index (κ1) is 19.0. The molecule has 0 radical (unpaired) electrons. The summed E-state index contributed by atoms with van der Waals surface area (Å²) in [5.74, 6) is 0.611. The summed E-state index contributed by atoms with van der Waals surface area (Å²) in [6.45, 7) is 1.91. The van der Waals surface area contributed by atoms with Gasteiger partial charge in [-0.15, -0.1) is 0 Å². The van der Waals surface area contributed by atoms with E-state index in [-0.39, 0.29) is 6.61 Å². The number of nitrogens with zero attached hydrogens (tertiary/aromatic N) is 1. The van der Waals surface area contributed by atoms with E-state index in [0.717, 1.165) is 14.8 Å². The second-order valence-electron chi connectivity index (χ2n) is 4.86. The summed E-state index contributed by atoms with van der Waals surface area (Å²) in [5, 5.41) is 4.21. The van der Waals surface area contributed by atoms with Gasteiger partial charge in [0.1, 0.15) is 0 Å². The fourth-order valence-corrected chi connectivity index (χ4v) is 2.76. The molecule has 2 aromatic rings. The maximum Gasteiger partial charge on any atom is 0.344 e. The molecule has 0 unspecified atom stereocenters. The van der Waals surface area contributed by atoms with Crippen LogP contribution in [0.15, 0.2) is 47.6 Å². The van der Waals surface area contributed by atoms with Crippen LogP contribution in [0.4, 0.5) is 5.69 Å². The largest absolute Gasteiger partial charge is 0.493 e. The Kier molecular flexibility index (Phi) is 7.52. The van der Waals surface area contributed by atoms with Crippen LogP contribution in [0.5, 0.6) is 11.5 Å². The zero-order valence-electron chi connectivity index (χ0n) is 14.0. The van der Waals surface area contributed by atoms with E-state index in [2.05, 4.69) is 33.1 Å². The molecule has 0 heterocycles. The molecule has 132 valence electrons. The van der Waals surface area contributed by atoms with Crippen molar-refractivity contribution < 1.29 is 19.0 Å². The maximum atomic E-state index is 11.5. The third-order valence-corrected chi connectivity index (χ3v) is 3.87. The number of hydrogen-bond donors (Lipinski definition) is 1. The van der Waals surface area contributed by atoms with Crippen LogP contribution in [0.3, 0.4) is 0 Å². The number of ether oxygens (including phenoxy) is 3. The third-order valence-electron chi connectivity index (χ3n) is 3.07. The highest BCUT2D eigenvalue weighted by molar-refractivity contribution is 14.1. The van der Waals surface area contributed by atoms with Gasteiger partial charge in [-0.25, -0.2) is 4.79 Å². The fraction of sp³-hybridized carbons (Fsp3) is 0.222. The summed E-state index contributed by atoms with van der Waals surface area (Å²) in [4.78, 5) is 11.5. The smallest absolute Gasteiger partial charge is 0.344 e. The lowest BCUT2D eigenvalue weighted by molar-refractivity contribution is -0.145. The summed E-state index contributed by atoms with van der Waals surface area (Å²) in [6.07, 6.45) is 1.69. The number of anilines is 1. The number of nitrogens with one attached hydrogen (secondary N) is 1. The summed E-state index contributed by atoms with van der Waals surface area (Å²) in [5.41, 5.74) is 4.69. The number of rotatable bonds is 8. The SMILES string of the molecule is CCOC(=O)COc1c(I)cc(C=NNc2ccccc2)cc1OC. The van der Waals surface area contributed by atoms with Crippen molar-refractivity contribution >= 4 is 40.5 Å². The standard InChI is InChI=1S/C18H19IN2O4/c1-3-24-17(22)12-25-18-15(19)9-13(10-16(18)23-2)11-20-21-14-7-5-4-6-8-14/h4-11,21H,3,12H2,1-2H3. The van der Waals surface area contributed by atoms with Crippen LogP contribution >= 0.6 is 22.6 Å². The van der Waals surface area contributed by atoms with Crippen LogP contribution in [-0.4, -0.2) is 32.5 Å². The molecule has 0 saturated carbocycles. The molecule has 0 atom stereocenters. The Bertz CT molecular complexity index is 735. The molecule has 0 spiro atoms. The number of benzene rings is 2. The molecule has 0 aromatic heterocycles. The predicted molar refractivity (Wildman–Crippen MR) is 105 cm³/mol. The Morgan fingerprint density at radius 3 is 2.72 bits per heavy atom. The van der Waals surface area contributed by atoms with Crippen LogP contribution < -0.4 is 14.9 Å². The van der Waals surface area contributed by atoms with Crippen molar-refractivity contribution in [3.05, 3.63) is 51.6 Å². The lowest BCUT2D eigenvalue weighted by atomic mass is 10.2. The summed E-state index contributed by atoms with van der Waals surface area (Å²) in [6, 6.07) is 13.3. The van der Waals surface area contributed by atoms with E-state index in [9.17, 15) is 4.79 Å². The van der Waals surface area contributed by atoms with Crippen molar-refractivity contribution in [3.8, 4) is 11.5 Å². The number of methoxy groups -OCH3 is 1. The zero-order chi connectivity index (χ0) is 18.1. The van der Waals surface area contributed by atoms with Crippen LogP contribution in [0.25, 0.3) is 0 Å². The molecule has 0 aliphatic rings. The number of carbonyl (C=O) groups excluding carboxylic acids is 1. The van der Waals surface area contributed by atoms with Gasteiger partial charge in [-0.1, -0.05) is 18.2 Å². The van der Waals surface area contributed by atoms with Crippen molar-refractivity contribution in [3.63, 3.8) is 0 Å². The molecule has 0 amide bonds. The zero-order valence-corrected chi connectivity index (χ0v) is 16.1. The van der Waals surface area contributed by atoms with E-state index in [1.54, 1.807) is 26.3 Å². The van der Waals surface area contributed by atoms with Gasteiger partial charge in [-0.05, 0) is 59.3 Å². The van der Waals surface area contributed by atoms with Gasteiger partial charge in [0.15, 0.2) is 18.1 Å². The molecule has 1 N–H and O–H groups in total. The maximum absolute atomic E-state index is 11.5. The Morgan fingerprint density at radius 1 is 1.28 bits per heavy atom. The molecule has 6 nitrogen and oxygen atoms in total. The second-order valence-corrected chi connectivity index (χ2v) is 6.03. The predicted octanol–water partition coefficient (Wildman–Crippen LogP) is 3.69. The molecule has 0 fully saturated rings. The minimum Gasteiger partial charge on any atom is -0.493 e. The van der Waals surface area contributed by atoms with Gasteiger partial charge in [0.2, 0.25) is 0 Å². The third kappa shape index (κ3) is 5.93. The van der Waals surface area contributed by atoms with Crippen molar-refractivity contribution in [2.24, 2.45) is 5.10 Å². The highest BCUT2D eigenvalue weighted by Crippen LogP contribution is 2.33. The first-order chi connectivity index (χ1) is 12.1. The van der Waals surface area contributed by atoms with Gasteiger partial charge in [-0.3, -0.25) is 5.43 Å². The average molecular weight is 454 g/mol. The van der Waals surface area contributed by atoms with Gasteiger partial charge >= 0.3 is 5.97 Å². The molecule has 0 bridgehead atoms. The van der Waals surface area contributed by atoms with Crippen LogP contribution in [0.2, 0.25) is 0 Å². The number of para-hydroxylation sites is 1. The van der Waals surface area contributed by atoms with Crippen molar-refractivity contribution in [1.82, 2.24) is 0 Å². The van der Waals surface area contributed by atoms with Crippen molar-refractivity contribution in [2.45, 2.75) is 6.92 Å². The van der Waals surface area contributed by atoms with Crippen molar-refractivity contribution in [2.75, 3.05) is 25.7 Å². The Labute approximate surface area is 160 Å².